The first-order chi connectivity index (χ1) is 8.45. The number of aromatic carboxylic acids is 1. The van der Waals surface area contributed by atoms with E-state index >= 15 is 0 Å². The van der Waals surface area contributed by atoms with Gasteiger partial charge in [0.1, 0.15) is 0 Å². The molecule has 0 atom stereocenters. The Kier molecular flexibility index (Phi) is 5.40. The first-order valence-corrected chi connectivity index (χ1v) is 5.88. The Morgan fingerprint density at radius 1 is 1.33 bits per heavy atom. The lowest BCUT2D eigenvalue weighted by atomic mass is 10.1. The zero-order chi connectivity index (χ0) is 13.7. The highest BCUT2D eigenvalue weighted by molar-refractivity contribution is 6.37. The molecular weight excluding hydrogens is 279 g/mol. The maximum Gasteiger partial charge on any atom is 0.337 e. The smallest absolute Gasteiger partial charge is 0.337 e. The van der Waals surface area contributed by atoms with Crippen LogP contribution in [0.4, 0.5) is 5.69 Å². The molecule has 18 heavy (non-hydrogen) atoms. The van der Waals surface area contributed by atoms with E-state index in [1.165, 1.54) is 12.1 Å². The number of rotatable bonds is 5. The van der Waals surface area contributed by atoms with Crippen molar-refractivity contribution in [1.29, 1.82) is 0 Å². The third-order valence-corrected chi connectivity index (χ3v) is 2.67. The summed E-state index contributed by atoms with van der Waals surface area (Å²) in [5.74, 6) is -1.53. The fourth-order valence-corrected chi connectivity index (χ4v) is 1.85. The fourth-order valence-electron chi connectivity index (χ4n) is 1.31. The van der Waals surface area contributed by atoms with E-state index in [0.717, 1.165) is 0 Å². The van der Waals surface area contributed by atoms with Crippen molar-refractivity contribution in [2.24, 2.45) is 0 Å². The molecule has 1 rings (SSSR count). The molecule has 98 valence electrons. The van der Waals surface area contributed by atoms with E-state index < -0.39 is 5.97 Å². The van der Waals surface area contributed by atoms with Crippen LogP contribution in [-0.2, 0) is 4.79 Å². The lowest BCUT2D eigenvalue weighted by molar-refractivity contribution is -0.116. The average molecular weight is 291 g/mol. The Morgan fingerprint density at radius 3 is 2.56 bits per heavy atom. The lowest BCUT2D eigenvalue weighted by Crippen LogP contribution is -2.20. The molecule has 0 aliphatic heterocycles. The minimum Gasteiger partial charge on any atom is -0.478 e. The predicted molar refractivity (Wildman–Crippen MR) is 70.6 cm³/mol. The highest BCUT2D eigenvalue weighted by Crippen LogP contribution is 2.30. The minimum absolute atomic E-state index is 0.0645. The standard InChI is InChI=1S/C11H12Cl2N2O3/c1-14-3-2-9(16)15-10-7(11(17)18)4-6(12)5-8(10)13/h4-5,14H,2-3H2,1H3,(H,15,16)(H,17,18). The second-order valence-corrected chi connectivity index (χ2v) is 4.36. The average Bonchev–Trinajstić information content (AvgIpc) is 2.29. The van der Waals surface area contributed by atoms with Gasteiger partial charge < -0.3 is 15.7 Å². The van der Waals surface area contributed by atoms with Crippen LogP contribution in [0.5, 0.6) is 0 Å². The maximum absolute atomic E-state index is 11.5. The number of amides is 1. The van der Waals surface area contributed by atoms with Gasteiger partial charge in [-0.15, -0.1) is 0 Å². The summed E-state index contributed by atoms with van der Waals surface area (Å²) >= 11 is 11.6. The second-order valence-electron chi connectivity index (χ2n) is 3.52. The molecule has 0 saturated heterocycles. The molecule has 0 bridgehead atoms. The molecule has 1 aromatic carbocycles. The van der Waals surface area contributed by atoms with Crippen molar-refractivity contribution in [3.05, 3.63) is 27.7 Å². The fraction of sp³-hybridized carbons (Fsp3) is 0.273. The zero-order valence-electron chi connectivity index (χ0n) is 9.59. The van der Waals surface area contributed by atoms with E-state index in [9.17, 15) is 9.59 Å². The molecule has 0 fully saturated rings. The quantitative estimate of drug-likeness (QED) is 0.777. The molecule has 7 heteroatoms. The zero-order valence-corrected chi connectivity index (χ0v) is 11.1. The summed E-state index contributed by atoms with van der Waals surface area (Å²) < 4.78 is 0. The molecule has 1 aromatic rings. The molecular formula is C11H12Cl2N2O3. The molecule has 0 aliphatic rings. The molecule has 0 spiro atoms. The van der Waals surface area contributed by atoms with Crippen LogP contribution in [0.2, 0.25) is 10.0 Å². The van der Waals surface area contributed by atoms with Gasteiger partial charge in [-0.3, -0.25) is 4.79 Å². The van der Waals surface area contributed by atoms with Crippen molar-refractivity contribution >= 4 is 40.8 Å². The summed E-state index contributed by atoms with van der Waals surface area (Å²) in [6.07, 6.45) is 0.217. The largest absolute Gasteiger partial charge is 0.478 e. The van der Waals surface area contributed by atoms with E-state index in [0.29, 0.717) is 6.54 Å². The summed E-state index contributed by atoms with van der Waals surface area (Å²) in [6, 6.07) is 2.62. The van der Waals surface area contributed by atoms with E-state index in [4.69, 9.17) is 28.3 Å². The number of hydrogen-bond donors (Lipinski definition) is 3. The van der Waals surface area contributed by atoms with Gasteiger partial charge in [0.05, 0.1) is 16.3 Å². The third kappa shape index (κ3) is 3.87. The highest BCUT2D eigenvalue weighted by atomic mass is 35.5. The number of carbonyl (C=O) groups excluding carboxylic acids is 1. The van der Waals surface area contributed by atoms with E-state index in [1.807, 2.05) is 0 Å². The number of nitrogens with one attached hydrogen (secondary N) is 2. The van der Waals surface area contributed by atoms with Gasteiger partial charge in [-0.25, -0.2) is 4.79 Å². The van der Waals surface area contributed by atoms with Crippen LogP contribution in [0.1, 0.15) is 16.8 Å². The van der Waals surface area contributed by atoms with Crippen LogP contribution in [0.3, 0.4) is 0 Å². The van der Waals surface area contributed by atoms with Crippen LogP contribution in [-0.4, -0.2) is 30.6 Å². The summed E-state index contributed by atoms with van der Waals surface area (Å²) in [7, 11) is 1.71. The second kappa shape index (κ2) is 6.58. The van der Waals surface area contributed by atoms with Crippen molar-refractivity contribution in [2.45, 2.75) is 6.42 Å². The third-order valence-electron chi connectivity index (χ3n) is 2.15. The summed E-state index contributed by atoms with van der Waals surface area (Å²) in [5, 5.41) is 14.6. The Hall–Kier alpha value is -1.30. The highest BCUT2D eigenvalue weighted by Gasteiger charge is 2.16. The Labute approximate surface area is 114 Å². The van der Waals surface area contributed by atoms with Crippen molar-refractivity contribution in [1.82, 2.24) is 5.32 Å². The number of carboxylic acids is 1. The summed E-state index contributed by atoms with van der Waals surface area (Å²) in [5.41, 5.74) is -0.0695. The molecule has 0 unspecified atom stereocenters. The van der Waals surface area contributed by atoms with Crippen molar-refractivity contribution in [2.75, 3.05) is 18.9 Å². The Bertz CT molecular complexity index is 478. The number of benzene rings is 1. The van der Waals surface area contributed by atoms with Gasteiger partial charge in [0.25, 0.3) is 0 Å². The molecule has 0 saturated carbocycles. The molecule has 0 radical (unpaired) electrons. The van der Waals surface area contributed by atoms with Crippen LogP contribution in [0, 0.1) is 0 Å². The van der Waals surface area contributed by atoms with Crippen molar-refractivity contribution in [3.8, 4) is 0 Å². The number of hydrogen-bond acceptors (Lipinski definition) is 3. The molecule has 0 aliphatic carbocycles. The number of carbonyl (C=O) groups is 2. The predicted octanol–water partition coefficient (Wildman–Crippen LogP) is 2.24. The normalized spacial score (nSPS) is 10.2. The SMILES string of the molecule is CNCCC(=O)Nc1c(Cl)cc(Cl)cc1C(=O)O. The van der Waals surface area contributed by atoms with E-state index in [-0.39, 0.29) is 33.6 Å². The lowest BCUT2D eigenvalue weighted by Gasteiger charge is -2.11. The van der Waals surface area contributed by atoms with Crippen molar-refractivity contribution in [3.63, 3.8) is 0 Å². The molecule has 3 N–H and O–H groups in total. The van der Waals surface area contributed by atoms with Crippen molar-refractivity contribution < 1.29 is 14.7 Å². The summed E-state index contributed by atoms with van der Waals surface area (Å²) in [6.45, 7) is 0.486. The monoisotopic (exact) mass is 290 g/mol. The van der Waals surface area contributed by atoms with Gasteiger partial charge in [-0.05, 0) is 19.2 Å². The molecule has 0 heterocycles. The Balaban J connectivity index is 3.00. The van der Waals surface area contributed by atoms with Crippen LogP contribution >= 0.6 is 23.2 Å². The van der Waals surface area contributed by atoms with Gasteiger partial charge in [-0.1, -0.05) is 23.2 Å². The van der Waals surface area contributed by atoms with Gasteiger partial charge >= 0.3 is 5.97 Å². The number of halogens is 2. The number of anilines is 1. The van der Waals surface area contributed by atoms with Crippen LogP contribution in [0.25, 0.3) is 0 Å². The molecule has 1 amide bonds. The minimum atomic E-state index is -1.21. The van der Waals surface area contributed by atoms with E-state index in [1.54, 1.807) is 7.05 Å². The number of carboxylic acid groups (broad SMARTS) is 1. The molecule has 5 nitrogen and oxygen atoms in total. The van der Waals surface area contributed by atoms with Gasteiger partial charge in [-0.2, -0.15) is 0 Å². The first kappa shape index (κ1) is 14.8. The van der Waals surface area contributed by atoms with Gasteiger partial charge in [0.15, 0.2) is 0 Å². The van der Waals surface area contributed by atoms with E-state index in [2.05, 4.69) is 10.6 Å². The maximum atomic E-state index is 11.5. The first-order valence-electron chi connectivity index (χ1n) is 5.12. The topological polar surface area (TPSA) is 78.4 Å². The van der Waals surface area contributed by atoms with Crippen LogP contribution < -0.4 is 10.6 Å². The molecule has 0 aromatic heterocycles. The Morgan fingerprint density at radius 2 is 2.00 bits per heavy atom. The van der Waals surface area contributed by atoms with Crippen LogP contribution in [0.15, 0.2) is 12.1 Å². The van der Waals surface area contributed by atoms with Gasteiger partial charge in [0.2, 0.25) is 5.91 Å². The summed E-state index contributed by atoms with van der Waals surface area (Å²) in [4.78, 5) is 22.6. The van der Waals surface area contributed by atoms with Gasteiger partial charge in [0, 0.05) is 18.0 Å².